The van der Waals surface area contributed by atoms with Gasteiger partial charge in [-0.25, -0.2) is 0 Å². The summed E-state index contributed by atoms with van der Waals surface area (Å²) in [5.74, 6) is -1.01. The molecule has 1 saturated carbocycles. The van der Waals surface area contributed by atoms with Crippen molar-refractivity contribution in [2.75, 3.05) is 5.32 Å². The summed E-state index contributed by atoms with van der Waals surface area (Å²) in [6, 6.07) is 9.18. The Hall–Kier alpha value is -2.67. The summed E-state index contributed by atoms with van der Waals surface area (Å²) in [4.78, 5) is 34.1. The van der Waals surface area contributed by atoms with Crippen LogP contribution in [-0.4, -0.2) is 21.4 Å². The van der Waals surface area contributed by atoms with E-state index < -0.39 is 22.8 Å². The first-order valence-electron chi connectivity index (χ1n) is 7.34. The maximum absolute atomic E-state index is 12.0. The molecule has 124 valence electrons. The number of nitro groups is 1. The minimum absolute atomic E-state index is 0.234. The number of carbonyl (C=O) groups is 1. The molecule has 1 aliphatic rings. The molecule has 1 aliphatic carbocycles. The van der Waals surface area contributed by atoms with Gasteiger partial charge in [0.05, 0.1) is 12.2 Å². The number of carbonyl (C=O) groups excluding carboxylic acids is 1. The Kier molecular flexibility index (Phi) is 4.35. The van der Waals surface area contributed by atoms with Crippen LogP contribution in [0.25, 0.3) is 0 Å². The second-order valence-corrected chi connectivity index (χ2v) is 6.07. The molecule has 0 spiro atoms. The van der Waals surface area contributed by atoms with Crippen LogP contribution in [0.1, 0.15) is 12.0 Å². The molecular weight excluding hydrogens is 334 g/mol. The van der Waals surface area contributed by atoms with E-state index in [2.05, 4.69) is 5.32 Å². The summed E-state index contributed by atoms with van der Waals surface area (Å²) in [7, 11) is 0. The van der Waals surface area contributed by atoms with Gasteiger partial charge in [0.2, 0.25) is 11.9 Å². The van der Waals surface area contributed by atoms with Gasteiger partial charge >= 0.3 is 0 Å². The van der Waals surface area contributed by atoms with Gasteiger partial charge < -0.3 is 9.88 Å². The summed E-state index contributed by atoms with van der Waals surface area (Å²) in [5, 5.41) is 13.8. The lowest BCUT2D eigenvalue weighted by molar-refractivity contribution is -0.497. The van der Waals surface area contributed by atoms with Crippen molar-refractivity contribution in [1.82, 2.24) is 4.57 Å². The molecule has 7 nitrogen and oxygen atoms in total. The first kappa shape index (κ1) is 16.2. The zero-order chi connectivity index (χ0) is 17.3. The summed E-state index contributed by atoms with van der Waals surface area (Å²) in [5.41, 5.74) is 0.962. The molecule has 1 amide bonds. The van der Waals surface area contributed by atoms with Crippen LogP contribution in [-0.2, 0) is 11.3 Å². The average Bonchev–Trinajstić information content (AvgIpc) is 3.33. The molecule has 2 atom stereocenters. The average molecular weight is 348 g/mol. The molecule has 1 N–H and O–H groups in total. The minimum atomic E-state index is -0.806. The Bertz CT molecular complexity index is 864. The predicted octanol–water partition coefficient (Wildman–Crippen LogP) is 2.15. The van der Waals surface area contributed by atoms with E-state index in [1.54, 1.807) is 12.1 Å². The van der Waals surface area contributed by atoms with Crippen molar-refractivity contribution in [1.29, 1.82) is 0 Å². The molecule has 0 bridgehead atoms. The van der Waals surface area contributed by atoms with E-state index in [9.17, 15) is 19.7 Å². The van der Waals surface area contributed by atoms with Crippen molar-refractivity contribution in [3.05, 3.63) is 73.6 Å². The molecular formula is C16H14ClN3O4. The summed E-state index contributed by atoms with van der Waals surface area (Å²) >= 11 is 6.10. The van der Waals surface area contributed by atoms with Crippen LogP contribution in [0.2, 0.25) is 5.02 Å². The topological polar surface area (TPSA) is 94.2 Å². The van der Waals surface area contributed by atoms with Gasteiger partial charge in [0.1, 0.15) is 5.92 Å². The summed E-state index contributed by atoms with van der Waals surface area (Å²) in [6.45, 7) is 0.267. The highest BCUT2D eigenvalue weighted by Crippen LogP contribution is 2.34. The van der Waals surface area contributed by atoms with Crippen molar-refractivity contribution < 1.29 is 9.72 Å². The standard InChI is InChI=1S/C16H14ClN3O4/c17-13-4-2-1-3-10(13)8-19-9-11(5-6-15(19)21)18-16(22)12-7-14(12)20(23)24/h1-6,9,12,14H,7-8H2,(H,18,22). The minimum Gasteiger partial charge on any atom is -0.324 e. The fourth-order valence-corrected chi connectivity index (χ4v) is 2.67. The molecule has 1 heterocycles. The molecule has 1 aromatic heterocycles. The van der Waals surface area contributed by atoms with Crippen LogP contribution in [0, 0.1) is 16.0 Å². The monoisotopic (exact) mass is 347 g/mol. The lowest BCUT2D eigenvalue weighted by Gasteiger charge is -2.10. The lowest BCUT2D eigenvalue weighted by Crippen LogP contribution is -2.23. The number of aromatic nitrogens is 1. The highest BCUT2D eigenvalue weighted by Gasteiger charge is 2.53. The van der Waals surface area contributed by atoms with Crippen molar-refractivity contribution in [2.24, 2.45) is 5.92 Å². The van der Waals surface area contributed by atoms with Crippen molar-refractivity contribution in [3.8, 4) is 0 Å². The highest BCUT2D eigenvalue weighted by molar-refractivity contribution is 6.31. The molecule has 24 heavy (non-hydrogen) atoms. The van der Waals surface area contributed by atoms with Crippen LogP contribution in [0.15, 0.2) is 47.4 Å². The largest absolute Gasteiger partial charge is 0.324 e. The first-order valence-corrected chi connectivity index (χ1v) is 7.72. The second kappa shape index (κ2) is 6.45. The fraction of sp³-hybridized carbons (Fsp3) is 0.250. The van der Waals surface area contributed by atoms with Gasteiger partial charge in [0.15, 0.2) is 0 Å². The normalized spacial score (nSPS) is 18.9. The van der Waals surface area contributed by atoms with Crippen LogP contribution in [0.4, 0.5) is 5.69 Å². The Morgan fingerprint density at radius 3 is 2.75 bits per heavy atom. The van der Waals surface area contributed by atoms with Gasteiger partial charge in [-0.2, -0.15) is 0 Å². The molecule has 1 fully saturated rings. The van der Waals surface area contributed by atoms with Crippen molar-refractivity contribution in [2.45, 2.75) is 19.0 Å². The molecule has 0 aliphatic heterocycles. The molecule has 8 heteroatoms. The van der Waals surface area contributed by atoms with Crippen LogP contribution in [0.5, 0.6) is 0 Å². The number of anilines is 1. The number of rotatable bonds is 5. The third-order valence-corrected chi connectivity index (χ3v) is 4.28. The Labute approximate surface area is 142 Å². The number of benzene rings is 1. The van der Waals surface area contributed by atoms with Gasteiger partial charge in [-0.05, 0) is 17.7 Å². The predicted molar refractivity (Wildman–Crippen MR) is 88.8 cm³/mol. The molecule has 1 aromatic carbocycles. The van der Waals surface area contributed by atoms with E-state index in [1.807, 2.05) is 12.1 Å². The van der Waals surface area contributed by atoms with E-state index in [-0.39, 0.29) is 18.5 Å². The van der Waals surface area contributed by atoms with Gasteiger partial charge in [0.25, 0.3) is 5.56 Å². The molecule has 3 rings (SSSR count). The molecule has 2 unspecified atom stereocenters. The van der Waals surface area contributed by atoms with E-state index in [4.69, 9.17) is 11.6 Å². The van der Waals surface area contributed by atoms with E-state index >= 15 is 0 Å². The number of hydrogen-bond acceptors (Lipinski definition) is 4. The van der Waals surface area contributed by atoms with E-state index in [0.29, 0.717) is 10.7 Å². The van der Waals surface area contributed by atoms with E-state index in [1.165, 1.54) is 22.9 Å². The quantitative estimate of drug-likeness (QED) is 0.662. The van der Waals surface area contributed by atoms with E-state index in [0.717, 1.165) is 5.56 Å². The van der Waals surface area contributed by atoms with Gasteiger partial charge in [0, 0.05) is 28.6 Å². The number of nitrogens with zero attached hydrogens (tertiary/aromatic N) is 2. The third-order valence-electron chi connectivity index (χ3n) is 3.91. The first-order chi connectivity index (χ1) is 11.5. The van der Waals surface area contributed by atoms with Crippen LogP contribution in [0.3, 0.4) is 0 Å². The smallest absolute Gasteiger partial charge is 0.250 e. The van der Waals surface area contributed by atoms with Crippen molar-refractivity contribution in [3.63, 3.8) is 0 Å². The Balaban J connectivity index is 1.75. The number of nitrogens with one attached hydrogen (secondary N) is 1. The van der Waals surface area contributed by atoms with Gasteiger partial charge in [-0.3, -0.25) is 19.7 Å². The van der Waals surface area contributed by atoms with Gasteiger partial charge in [-0.15, -0.1) is 0 Å². The lowest BCUT2D eigenvalue weighted by atomic mass is 10.2. The second-order valence-electron chi connectivity index (χ2n) is 5.66. The fourth-order valence-electron chi connectivity index (χ4n) is 2.47. The summed E-state index contributed by atoms with van der Waals surface area (Å²) < 4.78 is 1.43. The molecule has 0 radical (unpaired) electrons. The molecule has 0 saturated heterocycles. The zero-order valence-corrected chi connectivity index (χ0v) is 13.3. The van der Waals surface area contributed by atoms with Crippen LogP contribution < -0.4 is 10.9 Å². The van der Waals surface area contributed by atoms with Crippen LogP contribution >= 0.6 is 11.6 Å². The number of hydrogen-bond donors (Lipinski definition) is 1. The highest BCUT2D eigenvalue weighted by atomic mass is 35.5. The van der Waals surface area contributed by atoms with Gasteiger partial charge in [-0.1, -0.05) is 29.8 Å². The Morgan fingerprint density at radius 2 is 2.08 bits per heavy atom. The van der Waals surface area contributed by atoms with Crippen molar-refractivity contribution >= 4 is 23.2 Å². The molecule has 2 aromatic rings. The SMILES string of the molecule is O=C(Nc1ccc(=O)n(Cc2ccccc2Cl)c1)C1CC1[N+](=O)[O-]. The maximum Gasteiger partial charge on any atom is 0.250 e. The Morgan fingerprint density at radius 1 is 1.33 bits per heavy atom. The maximum atomic E-state index is 12.0. The number of pyridine rings is 1. The summed E-state index contributed by atoms with van der Waals surface area (Å²) in [6.07, 6.45) is 1.76. The zero-order valence-electron chi connectivity index (χ0n) is 12.5. The number of halogens is 1. The number of amides is 1. The third kappa shape index (κ3) is 3.46.